The van der Waals surface area contributed by atoms with Gasteiger partial charge in [-0.1, -0.05) is 240 Å². The normalized spacial score (nSPS) is 35.9. The van der Waals surface area contributed by atoms with Crippen LogP contribution in [0.25, 0.3) is 0 Å². The van der Waals surface area contributed by atoms with Crippen molar-refractivity contribution in [3.63, 3.8) is 0 Å². The molecule has 15 atom stereocenters. The van der Waals surface area contributed by atoms with Crippen LogP contribution >= 0.6 is 24.0 Å². The fraction of sp³-hybridized carbons (Fsp3) is 0.694. The number of methoxy groups -OCH3 is 1. The van der Waals surface area contributed by atoms with Crippen LogP contribution in [0.3, 0.4) is 0 Å². The van der Waals surface area contributed by atoms with Gasteiger partial charge in [0.05, 0.1) is 96.1 Å². The number of hydrogen-bond acceptors (Lipinski definition) is 17. The summed E-state index contributed by atoms with van der Waals surface area (Å²) in [6.45, 7) is 64.3. The molecule has 3 heterocycles. The third kappa shape index (κ3) is 20.0. The van der Waals surface area contributed by atoms with E-state index >= 15 is 0 Å². The number of esters is 1. The van der Waals surface area contributed by atoms with Crippen LogP contribution in [0, 0.1) is 203 Å². The number of halogens is 1. The van der Waals surface area contributed by atoms with Crippen LogP contribution in [0.5, 0.6) is 0 Å². The van der Waals surface area contributed by atoms with Crippen molar-refractivity contribution in [3.8, 4) is 76.4 Å². The number of terminal acetylenes is 1. The first-order chi connectivity index (χ1) is 64.3. The predicted octanol–water partition coefficient (Wildman–Crippen LogP) is 26.4. The number of Topliss-reactive ketones (excluding diaryl/α,β-unsaturated/α-hetero) is 1. The number of aliphatic hydroxyl groups is 1. The van der Waals surface area contributed by atoms with Crippen LogP contribution in [-0.4, -0.2) is 136 Å². The largest absolute Gasteiger partial charge is 0.511 e. The van der Waals surface area contributed by atoms with Gasteiger partial charge in [0.15, 0.2) is 40.5 Å². The van der Waals surface area contributed by atoms with E-state index in [1.807, 2.05) is 38.1 Å². The Labute approximate surface area is 882 Å². The number of ether oxygens (including phenoxy) is 7. The van der Waals surface area contributed by atoms with Crippen LogP contribution in [0.1, 0.15) is 280 Å². The second-order valence-corrected chi connectivity index (χ2v) is 71.5. The van der Waals surface area contributed by atoms with Gasteiger partial charge in [-0.25, -0.2) is 4.79 Å². The summed E-state index contributed by atoms with van der Waals surface area (Å²) >= 11 is 0. The molecule has 0 radical (unpaired) electrons. The maximum atomic E-state index is 12.8. The maximum absolute atomic E-state index is 12.8. The van der Waals surface area contributed by atoms with Crippen molar-refractivity contribution in [1.82, 2.24) is 0 Å². The van der Waals surface area contributed by atoms with E-state index in [0.29, 0.717) is 69.2 Å². The molecule has 3 spiro atoms. The molecule has 9 saturated carbocycles. The molecule has 17 nitrogen and oxygen atoms in total. The topological polar surface area (TPSA) is 259 Å². The lowest BCUT2D eigenvalue weighted by molar-refractivity contribution is -0.284. The Morgan fingerprint density at radius 3 is 1.09 bits per heavy atom. The zero-order valence-electron chi connectivity index (χ0n) is 89.8. The summed E-state index contributed by atoms with van der Waals surface area (Å²) in [5.41, 5.74) is 17.0. The predicted molar refractivity (Wildman–Crippen MR) is 591 cm³/mol. The lowest BCUT2D eigenvalue weighted by Crippen LogP contribution is -2.62. The molecule has 22 heteroatoms. The van der Waals surface area contributed by atoms with Gasteiger partial charge in [0, 0.05) is 59.2 Å². The second kappa shape index (κ2) is 40.3. The number of carbonyl (C=O) groups excluding carboxylic acids is 6. The summed E-state index contributed by atoms with van der Waals surface area (Å²) in [6.07, 6.45) is 42.9. The number of aliphatic hydroxyl groups excluding tert-OH is 1. The van der Waals surface area contributed by atoms with Crippen molar-refractivity contribution in [2.75, 3.05) is 46.8 Å². The first kappa shape index (κ1) is 118. The van der Waals surface area contributed by atoms with Gasteiger partial charge in [-0.2, -0.15) is 15.8 Å². The summed E-state index contributed by atoms with van der Waals surface area (Å²) in [6, 6.07) is 6.23. The monoisotopic (exact) mass is 2130 g/mol. The molecule has 143 heavy (non-hydrogen) atoms. The molecule has 0 aromatic heterocycles. The summed E-state index contributed by atoms with van der Waals surface area (Å²) in [5, 5.41) is 39.5. The zero-order valence-corrected chi connectivity index (χ0v) is 96.1. The molecule has 0 amide bonds. The number of fused-ring (bicyclic) bond motifs is 15. The molecule has 3 aliphatic heterocycles. The first-order valence-corrected chi connectivity index (χ1v) is 66.0. The average Bonchev–Trinajstić information content (AvgIpc) is 1.62. The van der Waals surface area contributed by atoms with E-state index in [4.69, 9.17) is 39.6 Å². The maximum Gasteiger partial charge on any atom is 0.337 e. The number of rotatable bonds is 1. The lowest BCUT2D eigenvalue weighted by atomic mass is 9.43. The number of allylic oxidation sites excluding steroid dienone is 17. The van der Waals surface area contributed by atoms with Crippen molar-refractivity contribution in [2.45, 2.75) is 376 Å². The van der Waals surface area contributed by atoms with Crippen LogP contribution in [-0.2, 0) is 61.9 Å². The Morgan fingerprint density at radius 2 is 0.727 bits per heavy atom. The highest BCUT2D eigenvalue weighted by Gasteiger charge is 2.71. The van der Waals surface area contributed by atoms with Crippen LogP contribution in [0.4, 0.5) is 0 Å². The van der Waals surface area contributed by atoms with E-state index in [1.165, 1.54) is 38.4 Å². The Bertz CT molecular complexity index is 5880. The highest BCUT2D eigenvalue weighted by Crippen LogP contribution is 2.75. The standard InChI is InChI=1S/C25H31NO4Si.C25H33NO3Si.C24H36O3Si.C23H29NO2Si.C21H30O2.3CH4.HI/c1-23(2)19-8-9-25(10-11-31(5,6)7)13-16(15-26)18(27)12-20(25)24(19,3)14-17(21(23)28)22(29)30-4;1-22(2)20-7-8-24(11-14-30(4,5)6)16-18(17-26)19(27)15-21(24)23(20,3)9-10-25(22)28-12-13-29-25;1-21(2)19-8-10-23(13-16-28(4,5)6)9-7-18(25)17-20(23)22(19,3)11-12-24(21)26-14-15-27-24;1-21(2)18-7-10-23(11-12-27(4,5)6)14-16(15-24)17(25)13-19(23)22(18,3)9-8-20(21)26;1-5-20-10-7-6-8-17(20)19(4)12-13-21(22-14-15-23-21)18(2,3)16(19)9-11-20;;;;/h12-13,19,28H,8-9,14H2,1-7H3;15-16,20H,7-10,12-13H2,1-6H3;17,19H,7-12,14-15H2,1-6H3;13-14,18H,7-10H2,1-6H3;1,8,16H,6-7,9-15H2,2-4H3;3*1H4;1H/t19-,24-,25+;20-,23-,24+;19-,22-,23+;18-,22-,23+;16-,19-,20+;;;;/m00000..../s1. The van der Waals surface area contributed by atoms with Crippen LogP contribution in [0.15, 0.2) is 105 Å². The molecular weight excluding hydrogens is 1960 g/mol. The summed E-state index contributed by atoms with van der Waals surface area (Å²) < 4.78 is 42.3. The van der Waals surface area contributed by atoms with Gasteiger partial charge >= 0.3 is 5.97 Å². The third-order valence-corrected chi connectivity index (χ3v) is 41.4. The van der Waals surface area contributed by atoms with Gasteiger partial charge in [0.2, 0.25) is 0 Å². The SMILES string of the molecule is C.C.C.C#C[C@]12CCCC=C1[C@@]1(C)CCC3(OCCO3)C(C)(C)[C@@H]1CC2.CC1(C)C(=O)CC[C@]2(C)C3=CC(=O)C(C#N)=C[C@]3(C#C[Si](C)(C)C)CC[C@@H]12.CC1(C)[C@@H]2CC[C@@]3(C#C[Si](C)(C)C)C=C(C#N)C(=O)C=C3[C@@]2(C)CCC12OCCO2.CC1(C)[C@@H]2CC[C@@]3(C#C[Si](C)(C)C)CCC(=O)C=C3[C@@]2(C)CCC12OCCO2.COC(=O)C1=C(O)C(C)(C)[C@@H]2CC[C@@]3(C#C[Si](C)(C)C)C=C(C#N)C(=O)C=C3[C@@]2(C)C1.I. The number of nitriles is 3. The Hall–Kier alpha value is -7.09. The fourth-order valence-corrected chi connectivity index (χ4v) is 33.3. The van der Waals surface area contributed by atoms with Gasteiger partial charge in [-0.15, -0.1) is 52.6 Å². The van der Waals surface area contributed by atoms with Gasteiger partial charge in [-0.3, -0.25) is 24.0 Å². The molecule has 0 unspecified atom stereocenters. The highest BCUT2D eigenvalue weighted by atomic mass is 127. The van der Waals surface area contributed by atoms with Crippen molar-refractivity contribution in [1.29, 1.82) is 15.8 Å². The second-order valence-electron chi connectivity index (χ2n) is 52.5. The summed E-state index contributed by atoms with van der Waals surface area (Å²) in [5.74, 6) is 17.2. The minimum Gasteiger partial charge on any atom is -0.511 e. The summed E-state index contributed by atoms with van der Waals surface area (Å²) in [7, 11) is -5.13. The van der Waals surface area contributed by atoms with E-state index in [9.17, 15) is 49.7 Å². The molecule has 0 aromatic rings. The molecule has 18 aliphatic rings. The molecule has 778 valence electrons. The Kier molecular flexibility index (Phi) is 33.2. The third-order valence-electron chi connectivity index (χ3n) is 37.9. The number of carbonyl (C=O) groups is 6. The smallest absolute Gasteiger partial charge is 0.337 e. The number of nitrogens with zero attached hydrogens (tertiary/aromatic N) is 3. The highest BCUT2D eigenvalue weighted by molar-refractivity contribution is 14.0. The lowest BCUT2D eigenvalue weighted by Gasteiger charge is -2.64. The van der Waals surface area contributed by atoms with Crippen LogP contribution < -0.4 is 0 Å². The van der Waals surface area contributed by atoms with E-state index in [0.717, 1.165) is 133 Å². The molecule has 3 saturated heterocycles. The van der Waals surface area contributed by atoms with E-state index < -0.39 is 82.3 Å². The van der Waals surface area contributed by atoms with Gasteiger partial charge in [0.1, 0.15) is 62.0 Å². The van der Waals surface area contributed by atoms with E-state index in [-0.39, 0.29) is 170 Å². The molecular formula is C121H172IN3O14Si4. The Balaban J connectivity index is 0.000000183. The number of hydrogen-bond donors (Lipinski definition) is 1. The zero-order chi connectivity index (χ0) is 102. The molecule has 1 N–H and O–H groups in total. The van der Waals surface area contributed by atoms with Gasteiger partial charge in [0.25, 0.3) is 0 Å². The van der Waals surface area contributed by atoms with Crippen molar-refractivity contribution in [3.05, 3.63) is 105 Å². The molecule has 0 bridgehead atoms. The van der Waals surface area contributed by atoms with Crippen molar-refractivity contribution >= 4 is 91.2 Å². The van der Waals surface area contributed by atoms with Gasteiger partial charge < -0.3 is 38.3 Å². The fourth-order valence-electron chi connectivity index (χ4n) is 30.9. The van der Waals surface area contributed by atoms with Gasteiger partial charge in [-0.05, 0) is 249 Å². The van der Waals surface area contributed by atoms with E-state index in [2.05, 4.69) is 239 Å². The van der Waals surface area contributed by atoms with Crippen molar-refractivity contribution < 1.29 is 67.0 Å². The quantitative estimate of drug-likeness (QED) is 0.0841. The first-order valence-electron chi connectivity index (χ1n) is 52.0. The van der Waals surface area contributed by atoms with Crippen LogP contribution in [0.2, 0.25) is 78.6 Å². The molecule has 0 aromatic carbocycles. The molecule has 12 fully saturated rings. The Morgan fingerprint density at radius 1 is 0.399 bits per heavy atom. The minimum atomic E-state index is -1.73. The minimum absolute atomic E-state index is 0. The number of ketones is 5. The van der Waals surface area contributed by atoms with Crippen molar-refractivity contribution in [2.24, 2.45) is 111 Å². The summed E-state index contributed by atoms with van der Waals surface area (Å²) in [4.78, 5) is 75.8. The van der Waals surface area contributed by atoms with E-state index in [1.54, 1.807) is 29.9 Å². The average molecular weight is 2130 g/mol. The molecule has 18 rings (SSSR count). The molecule has 15 aliphatic carbocycles.